The highest BCUT2D eigenvalue weighted by atomic mass is 32.2. The molecular formula is C30H24N2O4S2. The lowest BCUT2D eigenvalue weighted by Crippen LogP contribution is -2.53. The molecule has 0 saturated carbocycles. The third-order valence-electron chi connectivity index (χ3n) is 7.31. The molecule has 6 rings (SSSR count). The number of likely N-dealkylation sites (N-methyl/N-ethyl adjacent to an activating group) is 1. The molecule has 0 aliphatic carbocycles. The Morgan fingerprint density at radius 2 is 1.53 bits per heavy atom. The monoisotopic (exact) mass is 540 g/mol. The number of carbonyl (C=O) groups excluding carboxylic acids is 2. The summed E-state index contributed by atoms with van der Waals surface area (Å²) in [6.45, 7) is 1.87. The summed E-state index contributed by atoms with van der Waals surface area (Å²) in [5.41, 5.74) is 1.57. The molecule has 6 nitrogen and oxygen atoms in total. The summed E-state index contributed by atoms with van der Waals surface area (Å²) in [7, 11) is -2.62. The zero-order valence-electron chi connectivity index (χ0n) is 20.7. The number of aryl methyl sites for hydroxylation is 1. The summed E-state index contributed by atoms with van der Waals surface area (Å²) in [6.07, 6.45) is 1.70. The largest absolute Gasteiger partial charge is 0.314 e. The van der Waals surface area contributed by atoms with Crippen molar-refractivity contribution in [2.75, 3.05) is 11.9 Å². The maximum Gasteiger partial charge on any atom is 0.270 e. The van der Waals surface area contributed by atoms with E-state index in [1.165, 1.54) is 23.5 Å². The van der Waals surface area contributed by atoms with Crippen molar-refractivity contribution in [3.05, 3.63) is 124 Å². The summed E-state index contributed by atoms with van der Waals surface area (Å²) in [5, 5.41) is 1.83. The number of amides is 2. The van der Waals surface area contributed by atoms with E-state index < -0.39 is 27.3 Å². The minimum absolute atomic E-state index is 0.00873. The van der Waals surface area contributed by atoms with Gasteiger partial charge < -0.3 is 4.90 Å². The van der Waals surface area contributed by atoms with E-state index in [1.54, 1.807) is 60.5 Å². The molecule has 190 valence electrons. The third kappa shape index (κ3) is 3.40. The van der Waals surface area contributed by atoms with Crippen LogP contribution in [0.5, 0.6) is 0 Å². The summed E-state index contributed by atoms with van der Waals surface area (Å²) >= 11 is 1.34. The van der Waals surface area contributed by atoms with E-state index in [9.17, 15) is 18.0 Å². The van der Waals surface area contributed by atoms with Gasteiger partial charge in [0.05, 0.1) is 16.5 Å². The van der Waals surface area contributed by atoms with Gasteiger partial charge in [0, 0.05) is 17.6 Å². The predicted molar refractivity (Wildman–Crippen MR) is 148 cm³/mol. The van der Waals surface area contributed by atoms with Crippen molar-refractivity contribution in [2.45, 2.75) is 23.2 Å². The van der Waals surface area contributed by atoms with Crippen molar-refractivity contribution in [3.63, 3.8) is 0 Å². The van der Waals surface area contributed by atoms with E-state index >= 15 is 0 Å². The molecule has 0 bridgehead atoms. The molecule has 1 spiro atoms. The molecule has 1 aromatic heterocycles. The first kappa shape index (κ1) is 24.3. The summed E-state index contributed by atoms with van der Waals surface area (Å²) in [4.78, 5) is 31.1. The molecule has 0 N–H and O–H groups in total. The molecule has 0 fully saturated rings. The SMILES string of the molecule is Cc1ccc(S(=O)(=O)N2C(=O)C(c3cccs3)C3(C=C2c2ccccc2)C(=O)N(C)c2ccccc23)cc1. The Bertz CT molecular complexity index is 1690. The lowest BCUT2D eigenvalue weighted by molar-refractivity contribution is -0.132. The highest BCUT2D eigenvalue weighted by molar-refractivity contribution is 7.90. The normalized spacial score (nSPS) is 21.1. The van der Waals surface area contributed by atoms with Crippen molar-refractivity contribution in [1.82, 2.24) is 4.31 Å². The number of hydrogen-bond donors (Lipinski definition) is 0. The smallest absolute Gasteiger partial charge is 0.270 e. The molecule has 0 radical (unpaired) electrons. The van der Waals surface area contributed by atoms with Crippen molar-refractivity contribution >= 4 is 44.6 Å². The Labute approximate surface area is 225 Å². The van der Waals surface area contributed by atoms with Crippen LogP contribution >= 0.6 is 11.3 Å². The molecule has 2 atom stereocenters. The summed E-state index contributed by atoms with van der Waals surface area (Å²) < 4.78 is 29.2. The minimum atomic E-state index is -4.31. The number of rotatable bonds is 4. The average molecular weight is 541 g/mol. The van der Waals surface area contributed by atoms with Crippen molar-refractivity contribution < 1.29 is 18.0 Å². The Morgan fingerprint density at radius 3 is 2.21 bits per heavy atom. The molecule has 3 aromatic carbocycles. The van der Waals surface area contributed by atoms with Gasteiger partial charge >= 0.3 is 0 Å². The number of fused-ring (bicyclic) bond motifs is 2. The number of carbonyl (C=O) groups is 2. The van der Waals surface area contributed by atoms with Gasteiger partial charge in [0.1, 0.15) is 5.41 Å². The first-order valence-corrected chi connectivity index (χ1v) is 14.4. The Balaban J connectivity index is 1.70. The van der Waals surface area contributed by atoms with Crippen LogP contribution in [0.3, 0.4) is 0 Å². The van der Waals surface area contributed by atoms with Crippen LogP contribution in [0.4, 0.5) is 5.69 Å². The van der Waals surface area contributed by atoms with Gasteiger partial charge in [-0.1, -0.05) is 72.3 Å². The first-order chi connectivity index (χ1) is 18.3. The van der Waals surface area contributed by atoms with E-state index in [4.69, 9.17) is 0 Å². The van der Waals surface area contributed by atoms with Crippen LogP contribution < -0.4 is 4.90 Å². The van der Waals surface area contributed by atoms with Crippen LogP contribution in [-0.2, 0) is 25.0 Å². The topological polar surface area (TPSA) is 74.8 Å². The average Bonchev–Trinajstić information content (AvgIpc) is 3.52. The van der Waals surface area contributed by atoms with Gasteiger partial charge in [0.2, 0.25) is 5.91 Å². The fraction of sp³-hybridized carbons (Fsp3) is 0.133. The second-order valence-corrected chi connectivity index (χ2v) is 12.3. The van der Waals surface area contributed by atoms with Crippen LogP contribution in [0.1, 0.15) is 27.5 Å². The molecule has 4 aromatic rings. The van der Waals surface area contributed by atoms with E-state index in [2.05, 4.69) is 0 Å². The lowest BCUT2D eigenvalue weighted by atomic mass is 9.67. The summed E-state index contributed by atoms with van der Waals surface area (Å²) in [5.74, 6) is -1.99. The minimum Gasteiger partial charge on any atom is -0.314 e. The fourth-order valence-corrected chi connectivity index (χ4v) is 7.84. The van der Waals surface area contributed by atoms with Crippen LogP contribution in [-0.4, -0.2) is 31.6 Å². The van der Waals surface area contributed by atoms with Crippen molar-refractivity contribution in [2.24, 2.45) is 0 Å². The van der Waals surface area contributed by atoms with Gasteiger partial charge in [-0.2, -0.15) is 0 Å². The molecule has 0 saturated heterocycles. The second-order valence-electron chi connectivity index (χ2n) is 9.52. The van der Waals surface area contributed by atoms with Gasteiger partial charge in [0.15, 0.2) is 0 Å². The molecule has 2 aliphatic heterocycles. The molecule has 8 heteroatoms. The Kier molecular flexibility index (Phi) is 5.63. The molecule has 2 amide bonds. The van der Waals surface area contributed by atoms with Gasteiger partial charge in [-0.3, -0.25) is 9.59 Å². The van der Waals surface area contributed by atoms with Crippen LogP contribution in [0.2, 0.25) is 0 Å². The second kappa shape index (κ2) is 8.79. The number of hydrogen-bond acceptors (Lipinski definition) is 5. The van der Waals surface area contributed by atoms with Crippen LogP contribution in [0.25, 0.3) is 5.70 Å². The number of sulfonamides is 1. The quantitative estimate of drug-likeness (QED) is 0.351. The highest BCUT2D eigenvalue weighted by Gasteiger charge is 2.61. The lowest BCUT2D eigenvalue weighted by Gasteiger charge is -2.41. The molecule has 2 aliphatic rings. The fourth-order valence-electron chi connectivity index (χ4n) is 5.50. The predicted octanol–water partition coefficient (Wildman–Crippen LogP) is 5.33. The number of anilines is 1. The van der Waals surface area contributed by atoms with E-state index in [1.807, 2.05) is 48.7 Å². The highest BCUT2D eigenvalue weighted by Crippen LogP contribution is 2.56. The van der Waals surface area contributed by atoms with E-state index in [0.717, 1.165) is 9.87 Å². The molecule has 2 unspecified atom stereocenters. The number of thiophene rings is 1. The zero-order valence-corrected chi connectivity index (χ0v) is 22.4. The van der Waals surface area contributed by atoms with Crippen LogP contribution in [0.15, 0.2) is 107 Å². The molecular weight excluding hydrogens is 516 g/mol. The van der Waals surface area contributed by atoms with Gasteiger partial charge in [-0.05, 0) is 53.8 Å². The van der Waals surface area contributed by atoms with E-state index in [-0.39, 0.29) is 16.5 Å². The maximum absolute atomic E-state index is 14.7. The molecule has 38 heavy (non-hydrogen) atoms. The number of benzene rings is 3. The number of para-hydroxylation sites is 1. The van der Waals surface area contributed by atoms with Crippen molar-refractivity contribution in [3.8, 4) is 0 Å². The van der Waals surface area contributed by atoms with Gasteiger partial charge in [-0.15, -0.1) is 11.3 Å². The third-order valence-corrected chi connectivity index (χ3v) is 9.97. The zero-order chi connectivity index (χ0) is 26.7. The number of nitrogens with zero attached hydrogens (tertiary/aromatic N) is 2. The maximum atomic E-state index is 14.7. The standard InChI is InChI=1S/C30H24N2O4S2/c1-20-14-16-22(17-15-20)38(35,36)32-25(21-9-4-3-5-10-21)19-30(27(28(32)33)26-13-8-18-37-26)23-11-6-7-12-24(23)31(2)29(30)34/h3-19,27H,1-2H3. The Hall–Kier alpha value is -4.01. The first-order valence-electron chi connectivity index (χ1n) is 12.1. The van der Waals surface area contributed by atoms with Gasteiger partial charge in [0.25, 0.3) is 15.9 Å². The van der Waals surface area contributed by atoms with Gasteiger partial charge in [-0.25, -0.2) is 12.7 Å². The van der Waals surface area contributed by atoms with E-state index in [0.29, 0.717) is 21.7 Å². The Morgan fingerprint density at radius 1 is 0.842 bits per heavy atom. The van der Waals surface area contributed by atoms with Crippen LogP contribution in [0, 0.1) is 6.92 Å². The molecule has 3 heterocycles. The summed E-state index contributed by atoms with van der Waals surface area (Å²) in [6, 6.07) is 26.3. The van der Waals surface area contributed by atoms with Crippen molar-refractivity contribution in [1.29, 1.82) is 0 Å².